The maximum atomic E-state index is 12.9. The van der Waals surface area contributed by atoms with Gasteiger partial charge in [-0.3, -0.25) is 14.5 Å². The Kier molecular flexibility index (Phi) is 3.89. The fourth-order valence-corrected chi connectivity index (χ4v) is 4.30. The summed E-state index contributed by atoms with van der Waals surface area (Å²) in [6.45, 7) is 0.912. The molecule has 1 aromatic carbocycles. The molecule has 138 valence electrons. The summed E-state index contributed by atoms with van der Waals surface area (Å²) >= 11 is 0. The van der Waals surface area contributed by atoms with Crippen molar-refractivity contribution < 1.29 is 19.1 Å². The minimum absolute atomic E-state index is 0.0258. The van der Waals surface area contributed by atoms with E-state index in [-0.39, 0.29) is 17.8 Å². The van der Waals surface area contributed by atoms with Crippen molar-refractivity contribution >= 4 is 17.8 Å². The zero-order valence-electron chi connectivity index (χ0n) is 15.1. The van der Waals surface area contributed by atoms with Gasteiger partial charge in [-0.2, -0.15) is 0 Å². The average molecular weight is 357 g/mol. The number of para-hydroxylation sites is 1. The molecule has 7 nitrogen and oxygen atoms in total. The first kappa shape index (κ1) is 16.9. The quantitative estimate of drug-likeness (QED) is 0.710. The predicted octanol–water partition coefficient (Wildman–Crippen LogP) is 1.27. The van der Waals surface area contributed by atoms with Crippen molar-refractivity contribution in [2.75, 3.05) is 27.2 Å². The number of fused-ring (bicyclic) bond motifs is 1. The molecule has 0 saturated carbocycles. The Balaban J connectivity index is 1.43. The van der Waals surface area contributed by atoms with Gasteiger partial charge < -0.3 is 14.5 Å². The molecule has 7 heteroatoms. The molecule has 4 amide bonds. The van der Waals surface area contributed by atoms with Crippen molar-refractivity contribution in [1.29, 1.82) is 0 Å². The summed E-state index contributed by atoms with van der Waals surface area (Å²) in [5.74, 6) is 0.589. The molecule has 1 unspecified atom stereocenters. The van der Waals surface area contributed by atoms with Gasteiger partial charge in [0.1, 0.15) is 11.3 Å². The SMILES string of the molecule is CN1C(=O)N(C)C2(CCN(C(=O)C3CCc4ccccc4O3)CC2)C1=O. The Bertz CT molecular complexity index is 770. The standard InChI is InChI=1S/C19H23N3O4/c1-20-17(24)19(21(2)18(20)25)9-11-22(12-10-19)16(23)15-8-7-13-5-3-4-6-14(13)26-15/h3-6,15H,7-12H2,1-2H3. The third-order valence-corrected chi connectivity index (χ3v) is 6.01. The van der Waals surface area contributed by atoms with Crippen LogP contribution in [0.15, 0.2) is 24.3 Å². The summed E-state index contributed by atoms with van der Waals surface area (Å²) in [7, 11) is 3.18. The van der Waals surface area contributed by atoms with Gasteiger partial charge >= 0.3 is 6.03 Å². The smallest absolute Gasteiger partial charge is 0.327 e. The van der Waals surface area contributed by atoms with Crippen LogP contribution in [0, 0.1) is 0 Å². The molecular weight excluding hydrogens is 334 g/mol. The summed E-state index contributed by atoms with van der Waals surface area (Å²) < 4.78 is 5.91. The lowest BCUT2D eigenvalue weighted by atomic mass is 9.86. The van der Waals surface area contributed by atoms with E-state index in [0.717, 1.165) is 17.7 Å². The summed E-state index contributed by atoms with van der Waals surface area (Å²) in [4.78, 5) is 42.0. The second-order valence-electron chi connectivity index (χ2n) is 7.32. The number of piperidine rings is 1. The predicted molar refractivity (Wildman–Crippen MR) is 93.7 cm³/mol. The lowest BCUT2D eigenvalue weighted by molar-refractivity contribution is -0.145. The molecule has 1 spiro atoms. The summed E-state index contributed by atoms with van der Waals surface area (Å²) in [6.07, 6.45) is 1.95. The lowest BCUT2D eigenvalue weighted by Gasteiger charge is -2.41. The minimum atomic E-state index is -0.803. The van der Waals surface area contributed by atoms with E-state index in [2.05, 4.69) is 0 Å². The van der Waals surface area contributed by atoms with E-state index < -0.39 is 11.6 Å². The number of amides is 4. The van der Waals surface area contributed by atoms with Crippen molar-refractivity contribution in [3.05, 3.63) is 29.8 Å². The second kappa shape index (κ2) is 6.00. The van der Waals surface area contributed by atoms with Crippen LogP contribution in [0.3, 0.4) is 0 Å². The van der Waals surface area contributed by atoms with Crippen LogP contribution >= 0.6 is 0 Å². The molecular formula is C19H23N3O4. The number of rotatable bonds is 1. The van der Waals surface area contributed by atoms with Gasteiger partial charge in [0.15, 0.2) is 6.10 Å². The van der Waals surface area contributed by atoms with Gasteiger partial charge in [-0.05, 0) is 37.3 Å². The number of aryl methyl sites for hydroxylation is 1. The highest BCUT2D eigenvalue weighted by atomic mass is 16.5. The Hall–Kier alpha value is -2.57. The number of urea groups is 1. The Labute approximate surface area is 152 Å². The van der Waals surface area contributed by atoms with Crippen molar-refractivity contribution in [2.45, 2.75) is 37.3 Å². The van der Waals surface area contributed by atoms with Gasteiger partial charge in [0.05, 0.1) is 0 Å². The van der Waals surface area contributed by atoms with Crippen molar-refractivity contribution in [1.82, 2.24) is 14.7 Å². The van der Waals surface area contributed by atoms with Gasteiger partial charge in [-0.25, -0.2) is 4.79 Å². The van der Waals surface area contributed by atoms with Crippen LogP contribution in [0.5, 0.6) is 5.75 Å². The van der Waals surface area contributed by atoms with Crippen molar-refractivity contribution in [3.8, 4) is 5.75 Å². The Morgan fingerprint density at radius 3 is 2.50 bits per heavy atom. The molecule has 1 aromatic rings. The van der Waals surface area contributed by atoms with Crippen LogP contribution in [0.25, 0.3) is 0 Å². The monoisotopic (exact) mass is 357 g/mol. The van der Waals surface area contributed by atoms with Crippen LogP contribution in [-0.4, -0.2) is 71.4 Å². The summed E-state index contributed by atoms with van der Waals surface area (Å²) in [5.41, 5.74) is 0.330. The van der Waals surface area contributed by atoms with E-state index in [1.807, 2.05) is 24.3 Å². The molecule has 3 heterocycles. The molecule has 2 fully saturated rings. The van der Waals surface area contributed by atoms with Gasteiger partial charge in [0.2, 0.25) is 0 Å². The molecule has 0 aromatic heterocycles. The molecule has 0 radical (unpaired) electrons. The molecule has 4 rings (SSSR count). The number of likely N-dealkylation sites (N-methyl/N-ethyl adjacent to an activating group) is 2. The largest absolute Gasteiger partial charge is 0.480 e. The van der Waals surface area contributed by atoms with Gasteiger partial charge in [0.25, 0.3) is 11.8 Å². The third kappa shape index (κ3) is 2.37. The second-order valence-corrected chi connectivity index (χ2v) is 7.32. The minimum Gasteiger partial charge on any atom is -0.480 e. The van der Waals surface area contributed by atoms with E-state index in [1.54, 1.807) is 11.9 Å². The average Bonchev–Trinajstić information content (AvgIpc) is 2.84. The number of ether oxygens (including phenoxy) is 1. The molecule has 3 aliphatic rings. The summed E-state index contributed by atoms with van der Waals surface area (Å²) in [6, 6.07) is 7.53. The first-order chi connectivity index (χ1) is 12.4. The highest BCUT2D eigenvalue weighted by molar-refractivity contribution is 6.06. The van der Waals surface area contributed by atoms with E-state index in [4.69, 9.17) is 4.74 Å². The third-order valence-electron chi connectivity index (χ3n) is 6.01. The van der Waals surface area contributed by atoms with Crippen molar-refractivity contribution in [3.63, 3.8) is 0 Å². The number of hydrogen-bond acceptors (Lipinski definition) is 4. The number of carbonyl (C=O) groups excluding carboxylic acids is 3. The number of hydrogen-bond donors (Lipinski definition) is 0. The summed E-state index contributed by atoms with van der Waals surface area (Å²) in [5, 5.41) is 0. The molecule has 3 aliphatic heterocycles. The number of carbonyl (C=O) groups is 3. The van der Waals surface area contributed by atoms with Gasteiger partial charge in [0, 0.05) is 27.2 Å². The number of likely N-dealkylation sites (tertiary alicyclic amines) is 1. The first-order valence-corrected chi connectivity index (χ1v) is 9.03. The topological polar surface area (TPSA) is 70.2 Å². The van der Waals surface area contributed by atoms with E-state index in [9.17, 15) is 14.4 Å². The first-order valence-electron chi connectivity index (χ1n) is 9.03. The van der Waals surface area contributed by atoms with E-state index in [0.29, 0.717) is 32.4 Å². The van der Waals surface area contributed by atoms with E-state index in [1.165, 1.54) is 16.8 Å². The molecule has 0 aliphatic carbocycles. The lowest BCUT2D eigenvalue weighted by Crippen LogP contribution is -2.57. The zero-order valence-corrected chi connectivity index (χ0v) is 15.1. The number of nitrogens with zero attached hydrogens (tertiary/aromatic N) is 3. The van der Waals surface area contributed by atoms with Crippen LogP contribution in [0.2, 0.25) is 0 Å². The maximum absolute atomic E-state index is 12.9. The fraction of sp³-hybridized carbons (Fsp3) is 0.526. The van der Waals surface area contributed by atoms with Crippen LogP contribution in [-0.2, 0) is 16.0 Å². The van der Waals surface area contributed by atoms with Crippen LogP contribution in [0.4, 0.5) is 4.79 Å². The highest BCUT2D eigenvalue weighted by Crippen LogP contribution is 2.36. The number of imide groups is 1. The molecule has 0 bridgehead atoms. The molecule has 0 N–H and O–H groups in total. The Morgan fingerprint density at radius 1 is 1.15 bits per heavy atom. The number of benzene rings is 1. The van der Waals surface area contributed by atoms with Crippen LogP contribution in [0.1, 0.15) is 24.8 Å². The fourth-order valence-electron chi connectivity index (χ4n) is 4.30. The normalized spacial score (nSPS) is 24.7. The zero-order chi connectivity index (χ0) is 18.5. The highest BCUT2D eigenvalue weighted by Gasteiger charge is 2.55. The van der Waals surface area contributed by atoms with Gasteiger partial charge in [-0.15, -0.1) is 0 Å². The molecule has 26 heavy (non-hydrogen) atoms. The Morgan fingerprint density at radius 2 is 1.85 bits per heavy atom. The van der Waals surface area contributed by atoms with E-state index >= 15 is 0 Å². The van der Waals surface area contributed by atoms with Crippen molar-refractivity contribution in [2.24, 2.45) is 0 Å². The molecule has 1 atom stereocenters. The van der Waals surface area contributed by atoms with Gasteiger partial charge in [-0.1, -0.05) is 18.2 Å². The molecule has 2 saturated heterocycles. The van der Waals surface area contributed by atoms with Crippen LogP contribution < -0.4 is 4.74 Å². The maximum Gasteiger partial charge on any atom is 0.327 e.